The lowest BCUT2D eigenvalue weighted by atomic mass is 10.0. The van der Waals surface area contributed by atoms with Gasteiger partial charge in [0.25, 0.3) is 0 Å². The molecular formula is C17H26N2O3. The van der Waals surface area contributed by atoms with Gasteiger partial charge in [-0.2, -0.15) is 0 Å². The number of ether oxygens (including phenoxy) is 2. The molecule has 0 amide bonds. The Labute approximate surface area is 132 Å². The highest BCUT2D eigenvalue weighted by Crippen LogP contribution is 2.24. The SMILES string of the molecule is COCCN(CCOC)C(C)C(=O)c1ccc2c(c1)CCN2. The van der Waals surface area contributed by atoms with Crippen molar-refractivity contribution < 1.29 is 14.3 Å². The predicted octanol–water partition coefficient (Wildman–Crippen LogP) is 1.82. The van der Waals surface area contributed by atoms with Crippen LogP contribution < -0.4 is 5.32 Å². The van der Waals surface area contributed by atoms with E-state index in [1.165, 1.54) is 5.56 Å². The molecule has 0 aromatic heterocycles. The first kappa shape index (κ1) is 16.9. The van der Waals surface area contributed by atoms with Crippen molar-refractivity contribution in [2.45, 2.75) is 19.4 Å². The van der Waals surface area contributed by atoms with Crippen LogP contribution in [0.15, 0.2) is 18.2 Å². The molecule has 2 rings (SSSR count). The van der Waals surface area contributed by atoms with Crippen LogP contribution in [0.3, 0.4) is 0 Å². The minimum atomic E-state index is -0.183. The van der Waals surface area contributed by atoms with E-state index in [0.29, 0.717) is 13.2 Å². The lowest BCUT2D eigenvalue weighted by Crippen LogP contribution is -2.42. The molecule has 5 nitrogen and oxygen atoms in total. The van der Waals surface area contributed by atoms with E-state index in [0.717, 1.165) is 37.3 Å². The highest BCUT2D eigenvalue weighted by molar-refractivity contribution is 6.00. The van der Waals surface area contributed by atoms with Crippen LogP contribution in [0.5, 0.6) is 0 Å². The van der Waals surface area contributed by atoms with E-state index in [4.69, 9.17) is 9.47 Å². The molecule has 0 radical (unpaired) electrons. The first-order valence-electron chi connectivity index (χ1n) is 7.80. The fourth-order valence-corrected chi connectivity index (χ4v) is 2.78. The van der Waals surface area contributed by atoms with Gasteiger partial charge in [-0.25, -0.2) is 0 Å². The fraction of sp³-hybridized carbons (Fsp3) is 0.588. The zero-order chi connectivity index (χ0) is 15.9. The summed E-state index contributed by atoms with van der Waals surface area (Å²) in [6.07, 6.45) is 0.988. The number of Topliss-reactive ketones (excluding diaryl/α,β-unsaturated/α-hetero) is 1. The molecular weight excluding hydrogens is 280 g/mol. The molecule has 1 N–H and O–H groups in total. The minimum Gasteiger partial charge on any atom is -0.384 e. The van der Waals surface area contributed by atoms with E-state index in [2.05, 4.69) is 10.2 Å². The van der Waals surface area contributed by atoms with Gasteiger partial charge < -0.3 is 14.8 Å². The molecule has 5 heteroatoms. The van der Waals surface area contributed by atoms with Gasteiger partial charge >= 0.3 is 0 Å². The standard InChI is InChI=1S/C17H26N2O3/c1-13(19(8-10-21-2)9-11-22-3)17(20)15-4-5-16-14(12-15)6-7-18-16/h4-5,12-13,18H,6-11H2,1-3H3. The van der Waals surface area contributed by atoms with Gasteiger partial charge in [-0.15, -0.1) is 0 Å². The van der Waals surface area contributed by atoms with Crippen LogP contribution in [0.4, 0.5) is 5.69 Å². The molecule has 122 valence electrons. The molecule has 22 heavy (non-hydrogen) atoms. The Morgan fingerprint density at radius 1 is 1.27 bits per heavy atom. The summed E-state index contributed by atoms with van der Waals surface area (Å²) in [4.78, 5) is 14.9. The number of carbonyl (C=O) groups is 1. The van der Waals surface area contributed by atoms with Crippen molar-refractivity contribution in [1.29, 1.82) is 0 Å². The third-order valence-corrected chi connectivity index (χ3v) is 4.19. The van der Waals surface area contributed by atoms with E-state index in [1.54, 1.807) is 14.2 Å². The van der Waals surface area contributed by atoms with Crippen molar-refractivity contribution in [1.82, 2.24) is 4.90 Å². The Morgan fingerprint density at radius 3 is 2.59 bits per heavy atom. The number of hydrogen-bond acceptors (Lipinski definition) is 5. The number of fused-ring (bicyclic) bond motifs is 1. The second-order valence-electron chi connectivity index (χ2n) is 5.61. The Balaban J connectivity index is 2.07. The van der Waals surface area contributed by atoms with Gasteiger partial charge in [-0.05, 0) is 37.1 Å². The van der Waals surface area contributed by atoms with Crippen LogP contribution in [0, 0.1) is 0 Å². The van der Waals surface area contributed by atoms with Crippen LogP contribution in [-0.4, -0.2) is 63.8 Å². The largest absolute Gasteiger partial charge is 0.384 e. The van der Waals surface area contributed by atoms with Gasteiger partial charge in [0.2, 0.25) is 0 Å². The number of methoxy groups -OCH3 is 2. The molecule has 1 aromatic carbocycles. The second kappa shape index (κ2) is 8.27. The lowest BCUT2D eigenvalue weighted by molar-refractivity contribution is 0.0687. The molecule has 1 aromatic rings. The topological polar surface area (TPSA) is 50.8 Å². The summed E-state index contributed by atoms with van der Waals surface area (Å²) in [5.74, 6) is 0.155. The van der Waals surface area contributed by atoms with Crippen molar-refractivity contribution in [2.75, 3.05) is 52.4 Å². The number of nitrogens with zero attached hydrogens (tertiary/aromatic N) is 1. The normalized spacial score (nSPS) is 14.7. The van der Waals surface area contributed by atoms with Gasteiger partial charge in [0.05, 0.1) is 19.3 Å². The predicted molar refractivity (Wildman–Crippen MR) is 87.8 cm³/mol. The third-order valence-electron chi connectivity index (χ3n) is 4.19. The molecule has 0 saturated heterocycles. The Hall–Kier alpha value is -1.43. The van der Waals surface area contributed by atoms with Crippen LogP contribution in [0.2, 0.25) is 0 Å². The Morgan fingerprint density at radius 2 is 1.95 bits per heavy atom. The van der Waals surface area contributed by atoms with Crippen molar-refractivity contribution in [3.63, 3.8) is 0 Å². The first-order chi connectivity index (χ1) is 10.7. The van der Waals surface area contributed by atoms with E-state index in [-0.39, 0.29) is 11.8 Å². The summed E-state index contributed by atoms with van der Waals surface area (Å²) in [6, 6.07) is 5.77. The van der Waals surface area contributed by atoms with Crippen molar-refractivity contribution >= 4 is 11.5 Å². The van der Waals surface area contributed by atoms with Crippen LogP contribution in [-0.2, 0) is 15.9 Å². The molecule has 0 bridgehead atoms. The summed E-state index contributed by atoms with van der Waals surface area (Å²) in [7, 11) is 3.35. The maximum Gasteiger partial charge on any atom is 0.179 e. The number of hydrogen-bond donors (Lipinski definition) is 1. The van der Waals surface area contributed by atoms with Gasteiger partial charge in [0.1, 0.15) is 0 Å². The number of benzene rings is 1. The molecule has 1 aliphatic rings. The lowest BCUT2D eigenvalue weighted by Gasteiger charge is -2.27. The smallest absolute Gasteiger partial charge is 0.179 e. The van der Waals surface area contributed by atoms with E-state index >= 15 is 0 Å². The minimum absolute atomic E-state index is 0.155. The van der Waals surface area contributed by atoms with Crippen molar-refractivity contribution in [3.8, 4) is 0 Å². The molecule has 1 aliphatic heterocycles. The molecule has 1 unspecified atom stereocenters. The van der Waals surface area contributed by atoms with E-state index in [1.807, 2.05) is 25.1 Å². The third kappa shape index (κ3) is 4.06. The summed E-state index contributed by atoms with van der Waals surface area (Å²) >= 11 is 0. The van der Waals surface area contributed by atoms with E-state index in [9.17, 15) is 4.79 Å². The highest BCUT2D eigenvalue weighted by Gasteiger charge is 2.23. The van der Waals surface area contributed by atoms with E-state index < -0.39 is 0 Å². The number of anilines is 1. The summed E-state index contributed by atoms with van der Waals surface area (Å²) in [5.41, 5.74) is 3.17. The number of rotatable bonds is 9. The highest BCUT2D eigenvalue weighted by atomic mass is 16.5. The molecule has 1 heterocycles. The zero-order valence-electron chi connectivity index (χ0n) is 13.7. The monoisotopic (exact) mass is 306 g/mol. The molecule has 0 fully saturated rings. The Kier molecular flexibility index (Phi) is 6.36. The molecule has 0 aliphatic carbocycles. The van der Waals surface area contributed by atoms with Crippen LogP contribution in [0.25, 0.3) is 0 Å². The number of carbonyl (C=O) groups excluding carboxylic acids is 1. The van der Waals surface area contributed by atoms with Gasteiger partial charge in [0.15, 0.2) is 5.78 Å². The first-order valence-corrected chi connectivity index (χ1v) is 7.80. The van der Waals surface area contributed by atoms with Crippen LogP contribution >= 0.6 is 0 Å². The molecule has 1 atom stereocenters. The molecule has 0 saturated carbocycles. The van der Waals surface area contributed by atoms with Crippen molar-refractivity contribution in [2.24, 2.45) is 0 Å². The fourth-order valence-electron chi connectivity index (χ4n) is 2.78. The average Bonchev–Trinajstić information content (AvgIpc) is 3.01. The average molecular weight is 306 g/mol. The number of nitrogens with one attached hydrogen (secondary N) is 1. The number of ketones is 1. The van der Waals surface area contributed by atoms with Crippen molar-refractivity contribution in [3.05, 3.63) is 29.3 Å². The quantitative estimate of drug-likeness (QED) is 0.705. The summed E-state index contributed by atoms with van der Waals surface area (Å²) < 4.78 is 10.3. The molecule has 0 spiro atoms. The summed E-state index contributed by atoms with van der Waals surface area (Å²) in [5, 5.41) is 3.32. The second-order valence-corrected chi connectivity index (χ2v) is 5.61. The summed E-state index contributed by atoms with van der Waals surface area (Å²) in [6.45, 7) is 5.57. The van der Waals surface area contributed by atoms with Gasteiger partial charge in [0, 0.05) is 45.1 Å². The van der Waals surface area contributed by atoms with Crippen LogP contribution in [0.1, 0.15) is 22.8 Å². The maximum absolute atomic E-state index is 12.8. The van der Waals surface area contributed by atoms with Gasteiger partial charge in [-0.1, -0.05) is 0 Å². The van der Waals surface area contributed by atoms with Gasteiger partial charge in [-0.3, -0.25) is 9.69 Å². The zero-order valence-corrected chi connectivity index (χ0v) is 13.7. The Bertz CT molecular complexity index is 497. The maximum atomic E-state index is 12.8.